The molecule has 1 aromatic heterocycles. The highest BCUT2D eigenvalue weighted by Gasteiger charge is 2.14. The zero-order chi connectivity index (χ0) is 10.6. The number of hydrogen-bond acceptors (Lipinski definition) is 3. The summed E-state index contributed by atoms with van der Waals surface area (Å²) >= 11 is 5.29. The third kappa shape index (κ3) is 2.34. The minimum Gasteiger partial charge on any atom is -0.619 e. The number of hydrogen-bond donors (Lipinski definition) is 0. The first-order valence-electron chi connectivity index (χ1n) is 3.57. The summed E-state index contributed by atoms with van der Waals surface area (Å²) in [6.45, 7) is 0. The second-order valence-electron chi connectivity index (χ2n) is 2.30. The van der Waals surface area contributed by atoms with Crippen LogP contribution in [-0.2, 0) is 0 Å². The van der Waals surface area contributed by atoms with Gasteiger partial charge in [-0.1, -0.05) is 11.8 Å². The van der Waals surface area contributed by atoms with Crippen molar-refractivity contribution >= 4 is 17.3 Å². The van der Waals surface area contributed by atoms with E-state index in [4.69, 9.17) is 11.6 Å². The summed E-state index contributed by atoms with van der Waals surface area (Å²) in [5.41, 5.74) is -0.136. The van der Waals surface area contributed by atoms with Crippen molar-refractivity contribution in [3.05, 3.63) is 39.3 Å². The fraction of sp³-hybridized carbons (Fsp3) is 0.125. The Morgan fingerprint density at radius 1 is 1.64 bits per heavy atom. The first kappa shape index (κ1) is 10.3. The van der Waals surface area contributed by atoms with Crippen LogP contribution in [0.25, 0.3) is 0 Å². The Balaban J connectivity index is 3.22. The molecule has 1 heterocycles. The maximum absolute atomic E-state index is 10.8. The molecule has 0 aliphatic carbocycles. The Kier molecular flexibility index (Phi) is 3.26. The minimum atomic E-state index is -0.599. The van der Waals surface area contributed by atoms with Crippen LogP contribution in [0.15, 0.2) is 18.5 Å². The normalized spacial score (nSPS) is 8.93. The third-order valence-electron chi connectivity index (χ3n) is 1.40. The second kappa shape index (κ2) is 4.44. The van der Waals surface area contributed by atoms with Gasteiger partial charge in [0.1, 0.15) is 0 Å². The summed E-state index contributed by atoms with van der Waals surface area (Å²) in [6, 6.07) is 1.10. The molecule has 6 heteroatoms. The Hall–Kier alpha value is -1.80. The van der Waals surface area contributed by atoms with Gasteiger partial charge in [-0.25, -0.2) is 0 Å². The van der Waals surface area contributed by atoms with Crippen molar-refractivity contribution in [2.75, 3.05) is 5.88 Å². The van der Waals surface area contributed by atoms with Gasteiger partial charge in [0.2, 0.25) is 6.20 Å². The fourth-order valence-corrected chi connectivity index (χ4v) is 0.921. The van der Waals surface area contributed by atoms with Crippen LogP contribution in [0.3, 0.4) is 0 Å². The molecule has 0 atom stereocenters. The summed E-state index contributed by atoms with van der Waals surface area (Å²) in [4.78, 5) is 9.89. The van der Waals surface area contributed by atoms with Gasteiger partial charge in [0.25, 0.3) is 5.69 Å². The monoisotopic (exact) mass is 212 g/mol. The highest BCUT2D eigenvalue weighted by atomic mass is 35.5. The lowest BCUT2D eigenvalue weighted by Crippen LogP contribution is -2.25. The van der Waals surface area contributed by atoms with Crippen molar-refractivity contribution in [1.29, 1.82) is 0 Å². The Morgan fingerprint density at radius 3 is 2.93 bits per heavy atom. The number of pyridine rings is 1. The standard InChI is InChI=1S/C8H5ClN2O3/c9-4-1-2-7-6-10(12)5-3-8(7)11(13)14/h3,5-6H,4H2. The van der Waals surface area contributed by atoms with Crippen LogP contribution >= 0.6 is 11.6 Å². The molecule has 0 aliphatic heterocycles. The molecule has 0 amide bonds. The molecule has 0 fully saturated rings. The van der Waals surface area contributed by atoms with Crippen LogP contribution in [0.2, 0.25) is 0 Å². The fourth-order valence-electron chi connectivity index (χ4n) is 0.854. The molecule has 1 aromatic rings. The van der Waals surface area contributed by atoms with Gasteiger partial charge in [0.05, 0.1) is 16.9 Å². The predicted octanol–water partition coefficient (Wildman–Crippen LogP) is 0.818. The lowest BCUT2D eigenvalue weighted by molar-refractivity contribution is -0.606. The van der Waals surface area contributed by atoms with E-state index in [9.17, 15) is 15.3 Å². The van der Waals surface area contributed by atoms with E-state index in [0.29, 0.717) is 4.73 Å². The largest absolute Gasteiger partial charge is 0.619 e. The molecule has 0 bridgehead atoms. The Morgan fingerprint density at radius 2 is 2.36 bits per heavy atom. The van der Waals surface area contributed by atoms with Crippen molar-refractivity contribution in [2.24, 2.45) is 0 Å². The van der Waals surface area contributed by atoms with Crippen LogP contribution in [0, 0.1) is 27.2 Å². The van der Waals surface area contributed by atoms with E-state index in [1.165, 1.54) is 0 Å². The van der Waals surface area contributed by atoms with Gasteiger partial charge in [0, 0.05) is 0 Å². The number of nitrogens with zero attached hydrogens (tertiary/aromatic N) is 2. The number of alkyl halides is 1. The molecule has 0 unspecified atom stereocenters. The van der Waals surface area contributed by atoms with E-state index in [2.05, 4.69) is 11.8 Å². The van der Waals surface area contributed by atoms with Crippen LogP contribution in [-0.4, -0.2) is 10.8 Å². The third-order valence-corrected chi connectivity index (χ3v) is 1.53. The average molecular weight is 213 g/mol. The van der Waals surface area contributed by atoms with Gasteiger partial charge >= 0.3 is 0 Å². The van der Waals surface area contributed by atoms with Crippen molar-refractivity contribution in [3.8, 4) is 11.8 Å². The summed E-state index contributed by atoms with van der Waals surface area (Å²) in [6.07, 6.45) is 2.09. The molecule has 0 radical (unpaired) electrons. The zero-order valence-electron chi connectivity index (χ0n) is 6.94. The van der Waals surface area contributed by atoms with Gasteiger partial charge in [0.15, 0.2) is 11.8 Å². The quantitative estimate of drug-likeness (QED) is 0.173. The van der Waals surface area contributed by atoms with Crippen LogP contribution in [0.1, 0.15) is 5.56 Å². The highest BCUT2D eigenvalue weighted by molar-refractivity contribution is 6.19. The minimum absolute atomic E-state index is 0.0604. The molecular weight excluding hydrogens is 208 g/mol. The van der Waals surface area contributed by atoms with Gasteiger partial charge in [-0.05, 0) is 0 Å². The maximum Gasteiger partial charge on any atom is 0.297 e. The molecule has 0 N–H and O–H groups in total. The van der Waals surface area contributed by atoms with Crippen molar-refractivity contribution in [1.82, 2.24) is 0 Å². The van der Waals surface area contributed by atoms with E-state index in [-0.39, 0.29) is 17.1 Å². The average Bonchev–Trinajstić information content (AvgIpc) is 2.14. The summed E-state index contributed by atoms with van der Waals surface area (Å²) < 4.78 is 0.450. The molecule has 0 spiro atoms. The van der Waals surface area contributed by atoms with Crippen molar-refractivity contribution in [2.45, 2.75) is 0 Å². The summed E-state index contributed by atoms with van der Waals surface area (Å²) in [5.74, 6) is 4.95. The molecule has 72 valence electrons. The van der Waals surface area contributed by atoms with Crippen LogP contribution in [0.4, 0.5) is 5.69 Å². The zero-order valence-corrected chi connectivity index (χ0v) is 7.69. The molecule has 0 saturated carbocycles. The number of nitro groups is 1. The predicted molar refractivity (Wildman–Crippen MR) is 49.7 cm³/mol. The smallest absolute Gasteiger partial charge is 0.297 e. The summed E-state index contributed by atoms with van der Waals surface area (Å²) in [7, 11) is 0. The topological polar surface area (TPSA) is 70.1 Å². The van der Waals surface area contributed by atoms with E-state index in [1.807, 2.05) is 0 Å². The highest BCUT2D eigenvalue weighted by Crippen LogP contribution is 2.13. The van der Waals surface area contributed by atoms with E-state index >= 15 is 0 Å². The lowest BCUT2D eigenvalue weighted by atomic mass is 10.2. The molecular formula is C8H5ClN2O3. The van der Waals surface area contributed by atoms with E-state index in [0.717, 1.165) is 18.5 Å². The molecule has 14 heavy (non-hydrogen) atoms. The SMILES string of the molecule is O=[N+]([O-])c1cc[n+]([O-])cc1C#CCCl. The Labute approximate surface area is 84.7 Å². The Bertz CT molecular complexity index is 422. The molecule has 0 saturated heterocycles. The van der Waals surface area contributed by atoms with Gasteiger partial charge in [-0.15, -0.1) is 11.6 Å². The van der Waals surface area contributed by atoms with Crippen molar-refractivity contribution < 1.29 is 9.65 Å². The van der Waals surface area contributed by atoms with Crippen LogP contribution in [0.5, 0.6) is 0 Å². The van der Waals surface area contributed by atoms with Crippen LogP contribution < -0.4 is 4.73 Å². The summed E-state index contributed by atoms with van der Waals surface area (Å²) in [5, 5.41) is 21.3. The van der Waals surface area contributed by atoms with E-state index < -0.39 is 4.92 Å². The van der Waals surface area contributed by atoms with Crippen molar-refractivity contribution in [3.63, 3.8) is 0 Å². The van der Waals surface area contributed by atoms with Gasteiger partial charge in [-0.2, -0.15) is 4.73 Å². The number of halogens is 1. The molecule has 0 aliphatic rings. The maximum atomic E-state index is 10.8. The van der Waals surface area contributed by atoms with Gasteiger partial charge < -0.3 is 5.21 Å². The molecule has 5 nitrogen and oxygen atoms in total. The van der Waals surface area contributed by atoms with Gasteiger partial charge in [-0.3, -0.25) is 10.1 Å². The molecule has 0 aromatic carbocycles. The lowest BCUT2D eigenvalue weighted by Gasteiger charge is -1.96. The number of aromatic nitrogens is 1. The van der Waals surface area contributed by atoms with E-state index in [1.54, 1.807) is 0 Å². The molecule has 1 rings (SSSR count). The first-order chi connectivity index (χ1) is 6.65. The first-order valence-corrected chi connectivity index (χ1v) is 4.10. The second-order valence-corrected chi connectivity index (χ2v) is 2.56. The number of rotatable bonds is 1.